The molecule has 3 heteroatoms. The Morgan fingerprint density at radius 1 is 0.519 bits per heavy atom. The van der Waals surface area contributed by atoms with Crippen molar-refractivity contribution in [1.82, 2.24) is 0 Å². The summed E-state index contributed by atoms with van der Waals surface area (Å²) in [4.78, 5) is 0. The van der Waals surface area contributed by atoms with Crippen LogP contribution in [-0.2, 0) is 25.8 Å². The second-order valence-corrected chi connectivity index (χ2v) is 6.09. The zero-order valence-corrected chi connectivity index (χ0v) is 20.6. The molecule has 0 bridgehead atoms. The first-order valence-electron chi connectivity index (χ1n) is 8.30. The molecule has 0 unspecified atom stereocenters. The summed E-state index contributed by atoms with van der Waals surface area (Å²) in [5, 5.41) is 0. The molecule has 0 aliphatic rings. The van der Waals surface area contributed by atoms with Crippen molar-refractivity contribution in [3.63, 3.8) is 0 Å². The minimum Gasteiger partial charge on any atom is -1.00 e. The van der Waals surface area contributed by atoms with E-state index in [-0.39, 0.29) is 50.7 Å². The third kappa shape index (κ3) is 7.62. The molecule has 0 atom stereocenters. The molecule has 0 nitrogen and oxygen atoms in total. The van der Waals surface area contributed by atoms with Crippen LogP contribution in [0.1, 0.15) is 11.1 Å². The molecule has 136 valence electrons. The zero-order chi connectivity index (χ0) is 16.8. The van der Waals surface area contributed by atoms with Crippen molar-refractivity contribution in [3.8, 4) is 22.3 Å². The van der Waals surface area contributed by atoms with Crippen molar-refractivity contribution >= 4 is 0 Å². The van der Waals surface area contributed by atoms with Gasteiger partial charge in [0.05, 0.1) is 0 Å². The van der Waals surface area contributed by atoms with E-state index < -0.39 is 0 Å². The molecule has 0 fully saturated rings. The number of benzene rings is 2. The quantitative estimate of drug-likeness (QED) is 0.252. The van der Waals surface area contributed by atoms with Gasteiger partial charge in [0.2, 0.25) is 0 Å². The van der Waals surface area contributed by atoms with Crippen LogP contribution in [0.3, 0.4) is 0 Å². The molecule has 0 saturated heterocycles. The molecular formula is C24H22Cl2Hf. The van der Waals surface area contributed by atoms with Gasteiger partial charge >= 0.3 is 25.8 Å². The summed E-state index contributed by atoms with van der Waals surface area (Å²) < 4.78 is 0. The number of hydrogen-bond donors (Lipinski definition) is 0. The molecule has 0 spiro atoms. The zero-order valence-electron chi connectivity index (χ0n) is 15.5. The van der Waals surface area contributed by atoms with E-state index in [1.54, 1.807) is 0 Å². The van der Waals surface area contributed by atoms with Gasteiger partial charge < -0.3 is 24.8 Å². The van der Waals surface area contributed by atoms with Crippen molar-refractivity contribution in [2.24, 2.45) is 0 Å². The number of aryl methyl sites for hydroxylation is 2. The van der Waals surface area contributed by atoms with Crippen molar-refractivity contribution in [2.75, 3.05) is 0 Å². The van der Waals surface area contributed by atoms with Crippen molar-refractivity contribution in [2.45, 2.75) is 13.8 Å². The Labute approximate surface area is 194 Å². The Morgan fingerprint density at radius 2 is 0.852 bits per heavy atom. The van der Waals surface area contributed by atoms with E-state index in [1.807, 2.05) is 12.1 Å². The summed E-state index contributed by atoms with van der Waals surface area (Å²) in [5.41, 5.74) is 7.88. The van der Waals surface area contributed by atoms with E-state index in [9.17, 15) is 0 Å². The molecule has 0 amide bonds. The molecule has 0 aromatic heterocycles. The van der Waals surface area contributed by atoms with E-state index in [2.05, 4.69) is 98.8 Å². The predicted octanol–water partition coefficient (Wildman–Crippen LogP) is 0.767. The SMILES string of the molecule is Cc1cc(-c2ccccc2)c[cH-]1.Cc1cc(-c2ccccc2)c[cH-]1.[Cl-].[Cl-].[Hf+4]. The van der Waals surface area contributed by atoms with Crippen molar-refractivity contribution < 1.29 is 50.7 Å². The number of rotatable bonds is 2. The summed E-state index contributed by atoms with van der Waals surface area (Å²) in [5.74, 6) is 0. The summed E-state index contributed by atoms with van der Waals surface area (Å²) in [7, 11) is 0. The molecule has 0 radical (unpaired) electrons. The molecule has 4 rings (SSSR count). The van der Waals surface area contributed by atoms with Crippen molar-refractivity contribution in [1.29, 1.82) is 0 Å². The van der Waals surface area contributed by atoms with Gasteiger partial charge in [-0.15, -0.1) is 0 Å². The van der Waals surface area contributed by atoms with Gasteiger partial charge in [-0.3, -0.25) is 0 Å². The Kier molecular flexibility index (Phi) is 12.2. The van der Waals surface area contributed by atoms with E-state index in [4.69, 9.17) is 0 Å². The molecule has 27 heavy (non-hydrogen) atoms. The predicted molar refractivity (Wildman–Crippen MR) is 104 cm³/mol. The van der Waals surface area contributed by atoms with Gasteiger partial charge in [-0.05, 0) is 0 Å². The monoisotopic (exact) mass is 560 g/mol. The van der Waals surface area contributed by atoms with Gasteiger partial charge in [0.25, 0.3) is 0 Å². The molecule has 0 aliphatic heterocycles. The van der Waals surface area contributed by atoms with Crippen molar-refractivity contribution in [3.05, 3.63) is 108 Å². The van der Waals surface area contributed by atoms with Crippen LogP contribution in [0.2, 0.25) is 0 Å². The first kappa shape index (κ1) is 25.6. The fourth-order valence-corrected chi connectivity index (χ4v) is 2.75. The fourth-order valence-electron chi connectivity index (χ4n) is 2.75. The standard InChI is InChI=1S/2C12H11.2ClH.Hf/c2*1-10-7-8-12(9-10)11-5-3-2-4-6-11;;;/h2*2-9H,1H3;2*1H;/q2*-1;;;+4/p-2. The first-order chi connectivity index (χ1) is 11.7. The topological polar surface area (TPSA) is 0 Å². The van der Waals surface area contributed by atoms with Crippen LogP contribution < -0.4 is 24.8 Å². The van der Waals surface area contributed by atoms with Crippen LogP contribution in [0.5, 0.6) is 0 Å². The van der Waals surface area contributed by atoms with Crippen LogP contribution in [-0.4, -0.2) is 0 Å². The maximum absolute atomic E-state index is 2.20. The molecular weight excluding hydrogens is 538 g/mol. The maximum Gasteiger partial charge on any atom is 4.00 e. The second-order valence-electron chi connectivity index (χ2n) is 6.09. The van der Waals surface area contributed by atoms with Gasteiger partial charge in [-0.2, -0.15) is 46.5 Å². The maximum atomic E-state index is 2.20. The van der Waals surface area contributed by atoms with Crippen LogP contribution in [0, 0.1) is 13.8 Å². The number of halogens is 2. The van der Waals surface area contributed by atoms with Crippen LogP contribution in [0.4, 0.5) is 0 Å². The average molecular weight is 560 g/mol. The smallest absolute Gasteiger partial charge is 1.00 e. The third-order valence-electron chi connectivity index (χ3n) is 4.03. The first-order valence-corrected chi connectivity index (χ1v) is 8.30. The van der Waals surface area contributed by atoms with Gasteiger partial charge in [-0.1, -0.05) is 85.6 Å². The molecule has 0 heterocycles. The summed E-state index contributed by atoms with van der Waals surface area (Å²) >= 11 is 0. The largest absolute Gasteiger partial charge is 4.00 e. The van der Waals surface area contributed by atoms with Gasteiger partial charge in [-0.25, -0.2) is 12.1 Å². The van der Waals surface area contributed by atoms with Gasteiger partial charge in [0.15, 0.2) is 0 Å². The van der Waals surface area contributed by atoms with E-state index in [0.29, 0.717) is 0 Å². The normalized spacial score (nSPS) is 8.96. The van der Waals surface area contributed by atoms with Gasteiger partial charge in [0, 0.05) is 0 Å². The van der Waals surface area contributed by atoms with Gasteiger partial charge in [0.1, 0.15) is 0 Å². The Balaban J connectivity index is 0.000000451. The summed E-state index contributed by atoms with van der Waals surface area (Å²) in [6.45, 7) is 4.24. The Hall–Kier alpha value is -1.41. The molecule has 4 aromatic rings. The third-order valence-corrected chi connectivity index (χ3v) is 4.03. The van der Waals surface area contributed by atoms with Crippen LogP contribution in [0.25, 0.3) is 22.3 Å². The van der Waals surface area contributed by atoms with Crippen LogP contribution in [0.15, 0.2) is 97.1 Å². The fraction of sp³-hybridized carbons (Fsp3) is 0.0833. The molecule has 4 aromatic carbocycles. The molecule has 0 N–H and O–H groups in total. The summed E-state index contributed by atoms with van der Waals surface area (Å²) in [6, 6.07) is 33.9. The minimum absolute atomic E-state index is 0. The second kappa shape index (κ2) is 12.9. The van der Waals surface area contributed by atoms with E-state index in [1.165, 1.54) is 33.4 Å². The van der Waals surface area contributed by atoms with E-state index in [0.717, 1.165) is 0 Å². The Morgan fingerprint density at radius 3 is 1.11 bits per heavy atom. The number of hydrogen-bond acceptors (Lipinski definition) is 0. The van der Waals surface area contributed by atoms with Crippen LogP contribution >= 0.6 is 0 Å². The minimum atomic E-state index is 0. The molecule has 0 saturated carbocycles. The average Bonchev–Trinajstić information content (AvgIpc) is 3.26. The Bertz CT molecular complexity index is 801. The van der Waals surface area contributed by atoms with E-state index >= 15 is 0 Å². The molecule has 0 aliphatic carbocycles. The summed E-state index contributed by atoms with van der Waals surface area (Å²) in [6.07, 6.45) is 0.